The number of allylic oxidation sites excluding steroid dienone is 3. The number of hydrogen-bond donors (Lipinski definition) is 3. The van der Waals surface area contributed by atoms with Crippen molar-refractivity contribution in [3.63, 3.8) is 0 Å². The zero-order valence-electron chi connectivity index (χ0n) is 22.5. The highest BCUT2D eigenvalue weighted by molar-refractivity contribution is 5.91. The Kier molecular flexibility index (Phi) is 8.06. The minimum atomic E-state index is -4.46. The predicted octanol–water partition coefficient (Wildman–Crippen LogP) is 5.49. The fourth-order valence-corrected chi connectivity index (χ4v) is 5.54. The SMILES string of the molecule is CNc1ncnc2c1ncn2-c1ccc(NC(=O)NC2=CC(C)C(CCCN3CCCC3)C(C(F)(F)F)=C2)cc1. The molecule has 1 fully saturated rings. The van der Waals surface area contributed by atoms with Gasteiger partial charge in [-0.25, -0.2) is 19.7 Å². The van der Waals surface area contributed by atoms with Crippen molar-refractivity contribution in [3.8, 4) is 5.69 Å². The number of hydrogen-bond acceptors (Lipinski definition) is 6. The minimum absolute atomic E-state index is 0.148. The van der Waals surface area contributed by atoms with Gasteiger partial charge in [0.1, 0.15) is 12.7 Å². The zero-order chi connectivity index (χ0) is 28.3. The lowest BCUT2D eigenvalue weighted by molar-refractivity contribution is -0.101. The van der Waals surface area contributed by atoms with Crippen LogP contribution in [-0.4, -0.2) is 63.3 Å². The maximum absolute atomic E-state index is 14.0. The van der Waals surface area contributed by atoms with E-state index >= 15 is 0 Å². The number of nitrogens with zero attached hydrogens (tertiary/aromatic N) is 5. The van der Waals surface area contributed by atoms with Crippen LogP contribution in [0.1, 0.15) is 32.6 Å². The summed E-state index contributed by atoms with van der Waals surface area (Å²) in [7, 11) is 1.75. The van der Waals surface area contributed by atoms with Crippen molar-refractivity contribution in [2.45, 2.75) is 38.8 Å². The highest BCUT2D eigenvalue weighted by Gasteiger charge is 2.41. The summed E-state index contributed by atoms with van der Waals surface area (Å²) >= 11 is 0. The van der Waals surface area contributed by atoms with Crippen molar-refractivity contribution < 1.29 is 18.0 Å². The lowest BCUT2D eigenvalue weighted by atomic mass is 9.79. The van der Waals surface area contributed by atoms with Crippen LogP contribution in [0.3, 0.4) is 0 Å². The monoisotopic (exact) mass is 554 g/mol. The summed E-state index contributed by atoms with van der Waals surface area (Å²) in [5, 5.41) is 8.26. The van der Waals surface area contributed by atoms with Crippen LogP contribution in [0.15, 0.2) is 60.3 Å². The number of alkyl halides is 3. The fraction of sp³-hybridized carbons (Fsp3) is 0.429. The molecule has 9 nitrogen and oxygen atoms in total. The van der Waals surface area contributed by atoms with Gasteiger partial charge in [0.25, 0.3) is 0 Å². The van der Waals surface area contributed by atoms with E-state index in [0.29, 0.717) is 35.5 Å². The van der Waals surface area contributed by atoms with Gasteiger partial charge in [0.2, 0.25) is 0 Å². The molecule has 3 aromatic rings. The maximum Gasteiger partial charge on any atom is 0.413 e. The van der Waals surface area contributed by atoms with E-state index in [-0.39, 0.29) is 11.6 Å². The second-order valence-corrected chi connectivity index (χ2v) is 10.3. The summed E-state index contributed by atoms with van der Waals surface area (Å²) in [6.45, 7) is 4.66. The van der Waals surface area contributed by atoms with E-state index in [1.165, 1.54) is 6.33 Å². The Labute approximate surface area is 230 Å². The van der Waals surface area contributed by atoms with Crippen LogP contribution in [0.25, 0.3) is 16.9 Å². The molecular weight excluding hydrogens is 521 g/mol. The number of urea groups is 1. The smallest absolute Gasteiger partial charge is 0.371 e. The molecule has 2 atom stereocenters. The quantitative estimate of drug-likeness (QED) is 0.340. The van der Waals surface area contributed by atoms with Crippen LogP contribution in [0.2, 0.25) is 0 Å². The van der Waals surface area contributed by atoms with Crippen molar-refractivity contribution in [1.29, 1.82) is 0 Å². The summed E-state index contributed by atoms with van der Waals surface area (Å²) in [6, 6.07) is 6.36. The second-order valence-electron chi connectivity index (χ2n) is 10.3. The molecule has 212 valence electrons. The number of amides is 2. The van der Waals surface area contributed by atoms with Gasteiger partial charge in [0.15, 0.2) is 17.0 Å². The lowest BCUT2D eigenvalue weighted by Gasteiger charge is -2.31. The molecule has 0 saturated carbocycles. The summed E-state index contributed by atoms with van der Waals surface area (Å²) in [5.41, 5.74) is 2.07. The highest BCUT2D eigenvalue weighted by Crippen LogP contribution is 2.41. The van der Waals surface area contributed by atoms with Crippen LogP contribution in [-0.2, 0) is 0 Å². The van der Waals surface area contributed by atoms with E-state index in [1.54, 1.807) is 55.2 Å². The number of anilines is 2. The molecule has 2 aliphatic rings. The van der Waals surface area contributed by atoms with E-state index in [1.807, 2.05) is 0 Å². The molecule has 3 heterocycles. The third kappa shape index (κ3) is 6.11. The summed E-state index contributed by atoms with van der Waals surface area (Å²) in [6.07, 6.45) is 4.90. The normalized spacial score (nSPS) is 19.8. The molecule has 3 N–H and O–H groups in total. The average Bonchev–Trinajstić information content (AvgIpc) is 3.59. The molecule has 1 saturated heterocycles. The van der Waals surface area contributed by atoms with Crippen molar-refractivity contribution in [2.24, 2.45) is 11.8 Å². The molecule has 1 aliphatic carbocycles. The van der Waals surface area contributed by atoms with Gasteiger partial charge in [-0.1, -0.05) is 13.0 Å². The maximum atomic E-state index is 14.0. The Morgan fingerprint density at radius 2 is 1.82 bits per heavy atom. The second kappa shape index (κ2) is 11.7. The fourth-order valence-electron chi connectivity index (χ4n) is 5.54. The minimum Gasteiger partial charge on any atom is -0.371 e. The molecule has 0 spiro atoms. The first-order valence-corrected chi connectivity index (χ1v) is 13.5. The molecule has 12 heteroatoms. The number of halogens is 3. The Bertz CT molecular complexity index is 1410. The number of carbonyl (C=O) groups excluding carboxylic acids is 1. The molecule has 2 unspecified atom stereocenters. The van der Waals surface area contributed by atoms with Gasteiger partial charge >= 0.3 is 12.2 Å². The first-order chi connectivity index (χ1) is 19.2. The Morgan fingerprint density at radius 3 is 2.52 bits per heavy atom. The van der Waals surface area contributed by atoms with Crippen LogP contribution < -0.4 is 16.0 Å². The van der Waals surface area contributed by atoms with Gasteiger partial charge in [0.05, 0.1) is 0 Å². The molecule has 1 aromatic carbocycles. The topological polar surface area (TPSA) is 100 Å². The summed E-state index contributed by atoms with van der Waals surface area (Å²) in [4.78, 5) is 27.8. The van der Waals surface area contributed by atoms with Crippen molar-refractivity contribution >= 4 is 28.7 Å². The number of carbonyl (C=O) groups is 1. The molecule has 5 rings (SSSR count). The summed E-state index contributed by atoms with van der Waals surface area (Å²) in [5.74, 6) is -0.370. The van der Waals surface area contributed by atoms with E-state index in [2.05, 4.69) is 35.8 Å². The van der Waals surface area contributed by atoms with Crippen LogP contribution in [0.4, 0.5) is 29.5 Å². The first-order valence-electron chi connectivity index (χ1n) is 13.5. The summed E-state index contributed by atoms with van der Waals surface area (Å²) < 4.78 is 43.8. The van der Waals surface area contributed by atoms with Crippen LogP contribution in [0, 0.1) is 11.8 Å². The van der Waals surface area contributed by atoms with Crippen molar-refractivity contribution in [3.05, 3.63) is 60.3 Å². The Balaban J connectivity index is 1.22. The van der Waals surface area contributed by atoms with Gasteiger partial charge in [0, 0.05) is 29.7 Å². The third-order valence-electron chi connectivity index (χ3n) is 7.53. The largest absolute Gasteiger partial charge is 0.413 e. The molecule has 1 aliphatic heterocycles. The number of aromatic nitrogens is 4. The van der Waals surface area contributed by atoms with Gasteiger partial charge in [-0.05, 0) is 87.5 Å². The van der Waals surface area contributed by atoms with Gasteiger partial charge < -0.3 is 20.9 Å². The predicted molar refractivity (Wildman–Crippen MR) is 148 cm³/mol. The Morgan fingerprint density at radius 1 is 1.07 bits per heavy atom. The number of imidazole rings is 1. The molecular formula is C28H33F3N8O. The average molecular weight is 555 g/mol. The van der Waals surface area contributed by atoms with Crippen molar-refractivity contribution in [2.75, 3.05) is 37.3 Å². The van der Waals surface area contributed by atoms with E-state index < -0.39 is 23.7 Å². The van der Waals surface area contributed by atoms with Crippen LogP contribution >= 0.6 is 0 Å². The number of fused-ring (bicyclic) bond motifs is 1. The molecule has 0 bridgehead atoms. The standard InChI is InChI=1S/C28H33F3N8O/c1-18-14-20(15-23(28(29,30)31)22(18)6-5-13-38-11-3-4-12-38)37-27(40)36-19-7-9-21(10-8-19)39-17-35-24-25(32-2)33-16-34-26(24)39/h7-10,14-18,22H,3-6,11-13H2,1-2H3,(H,32,33,34)(H2,36,37,40). The third-order valence-corrected chi connectivity index (χ3v) is 7.53. The highest BCUT2D eigenvalue weighted by atomic mass is 19.4. The van der Waals surface area contributed by atoms with E-state index in [0.717, 1.165) is 44.2 Å². The first kappa shape index (κ1) is 27.6. The molecule has 2 aromatic heterocycles. The molecule has 2 amide bonds. The van der Waals surface area contributed by atoms with Gasteiger partial charge in [-0.2, -0.15) is 13.2 Å². The number of likely N-dealkylation sites (tertiary alicyclic amines) is 1. The number of nitrogens with one attached hydrogen (secondary N) is 3. The number of benzene rings is 1. The Hall–Kier alpha value is -3.93. The lowest BCUT2D eigenvalue weighted by Crippen LogP contribution is -2.33. The molecule has 40 heavy (non-hydrogen) atoms. The van der Waals surface area contributed by atoms with Crippen molar-refractivity contribution in [1.82, 2.24) is 29.7 Å². The van der Waals surface area contributed by atoms with Gasteiger partial charge in [-0.3, -0.25) is 4.57 Å². The van der Waals surface area contributed by atoms with Crippen LogP contribution in [0.5, 0.6) is 0 Å². The zero-order valence-corrected chi connectivity index (χ0v) is 22.5. The number of rotatable bonds is 8. The van der Waals surface area contributed by atoms with E-state index in [9.17, 15) is 18.0 Å². The molecule has 0 radical (unpaired) electrons. The van der Waals surface area contributed by atoms with Gasteiger partial charge in [-0.15, -0.1) is 0 Å². The van der Waals surface area contributed by atoms with E-state index in [4.69, 9.17) is 0 Å².